The highest BCUT2D eigenvalue weighted by molar-refractivity contribution is 5.94. The van der Waals surface area contributed by atoms with Crippen molar-refractivity contribution in [2.45, 2.75) is 26.9 Å². The third-order valence-corrected chi connectivity index (χ3v) is 3.40. The number of nitrogens with zero attached hydrogens (tertiary/aromatic N) is 3. The number of aryl methyl sites for hydroxylation is 2. The first-order valence-electron chi connectivity index (χ1n) is 7.54. The first kappa shape index (κ1) is 17.0. The van der Waals surface area contributed by atoms with Crippen LogP contribution in [0.1, 0.15) is 28.7 Å². The summed E-state index contributed by atoms with van der Waals surface area (Å²) in [6.45, 7) is 5.92. The monoisotopic (exact) mass is 318 g/mol. The number of nitrogens with one attached hydrogen (secondary N) is 1. The highest BCUT2D eigenvalue weighted by atomic mass is 16.5. The Morgan fingerprint density at radius 1 is 1.35 bits per heavy atom. The molecule has 0 aliphatic rings. The van der Waals surface area contributed by atoms with Crippen LogP contribution in [-0.2, 0) is 17.8 Å². The predicted molar refractivity (Wildman–Crippen MR) is 85.4 cm³/mol. The third kappa shape index (κ3) is 4.53. The second-order valence-corrected chi connectivity index (χ2v) is 4.99. The van der Waals surface area contributed by atoms with Crippen LogP contribution in [0, 0.1) is 6.92 Å². The molecule has 0 bridgehead atoms. The number of amides is 1. The van der Waals surface area contributed by atoms with Crippen LogP contribution < -0.4 is 10.1 Å². The van der Waals surface area contributed by atoms with E-state index in [0.717, 1.165) is 17.9 Å². The molecule has 0 spiro atoms. The van der Waals surface area contributed by atoms with Crippen LogP contribution in [0.4, 0.5) is 0 Å². The number of carbonyl (C=O) groups excluding carboxylic acids is 1. The molecule has 7 heteroatoms. The van der Waals surface area contributed by atoms with Gasteiger partial charge in [-0.1, -0.05) is 11.3 Å². The Labute approximate surface area is 135 Å². The van der Waals surface area contributed by atoms with Gasteiger partial charge in [0.1, 0.15) is 12.4 Å². The van der Waals surface area contributed by atoms with Gasteiger partial charge in [-0.2, -0.15) is 0 Å². The highest BCUT2D eigenvalue weighted by Crippen LogP contribution is 2.13. The molecule has 0 fully saturated rings. The second-order valence-electron chi connectivity index (χ2n) is 4.99. The maximum atomic E-state index is 12.3. The number of ether oxygens (including phenoxy) is 2. The summed E-state index contributed by atoms with van der Waals surface area (Å²) in [5, 5.41) is 10.9. The molecule has 23 heavy (non-hydrogen) atoms. The minimum atomic E-state index is -0.162. The van der Waals surface area contributed by atoms with E-state index in [0.29, 0.717) is 31.1 Å². The molecule has 0 aliphatic carbocycles. The Kier molecular flexibility index (Phi) is 6.10. The van der Waals surface area contributed by atoms with Gasteiger partial charge in [0.2, 0.25) is 0 Å². The first-order valence-corrected chi connectivity index (χ1v) is 7.54. The van der Waals surface area contributed by atoms with Crippen LogP contribution in [0.2, 0.25) is 0 Å². The number of methoxy groups -OCH3 is 1. The summed E-state index contributed by atoms with van der Waals surface area (Å²) in [6.07, 6.45) is 0. The molecule has 0 aliphatic heterocycles. The fourth-order valence-corrected chi connectivity index (χ4v) is 2.13. The van der Waals surface area contributed by atoms with Crippen molar-refractivity contribution < 1.29 is 14.3 Å². The Balaban J connectivity index is 1.97. The fourth-order valence-electron chi connectivity index (χ4n) is 2.13. The Bertz CT molecular complexity index is 655. The quantitative estimate of drug-likeness (QED) is 0.747. The zero-order chi connectivity index (χ0) is 16.7. The van der Waals surface area contributed by atoms with E-state index in [1.807, 2.05) is 19.9 Å². The summed E-state index contributed by atoms with van der Waals surface area (Å²) in [5.74, 6) is 0.483. The molecule has 2 aromatic rings. The summed E-state index contributed by atoms with van der Waals surface area (Å²) in [7, 11) is 1.62. The van der Waals surface area contributed by atoms with Gasteiger partial charge in [-0.05, 0) is 32.0 Å². The van der Waals surface area contributed by atoms with Crippen molar-refractivity contribution in [3.8, 4) is 5.75 Å². The number of rotatable bonds is 8. The van der Waals surface area contributed by atoms with E-state index in [2.05, 4.69) is 15.6 Å². The highest BCUT2D eigenvalue weighted by Gasteiger charge is 2.11. The average Bonchev–Trinajstić information content (AvgIpc) is 2.93. The molecular formula is C16H22N4O3. The van der Waals surface area contributed by atoms with Crippen molar-refractivity contribution in [1.82, 2.24) is 20.3 Å². The molecule has 0 saturated carbocycles. The number of hydrogen-bond acceptors (Lipinski definition) is 5. The molecule has 1 aromatic heterocycles. The van der Waals surface area contributed by atoms with Gasteiger partial charge in [-0.3, -0.25) is 4.79 Å². The van der Waals surface area contributed by atoms with Crippen molar-refractivity contribution in [1.29, 1.82) is 0 Å². The van der Waals surface area contributed by atoms with Crippen LogP contribution in [-0.4, -0.2) is 41.2 Å². The molecule has 1 heterocycles. The third-order valence-electron chi connectivity index (χ3n) is 3.40. The molecule has 0 radical (unpaired) electrons. The lowest BCUT2D eigenvalue weighted by atomic mass is 10.2. The van der Waals surface area contributed by atoms with E-state index in [1.165, 1.54) is 0 Å². The topological polar surface area (TPSA) is 78.3 Å². The van der Waals surface area contributed by atoms with E-state index in [-0.39, 0.29) is 5.91 Å². The zero-order valence-electron chi connectivity index (χ0n) is 13.7. The van der Waals surface area contributed by atoms with Crippen molar-refractivity contribution in [3.63, 3.8) is 0 Å². The van der Waals surface area contributed by atoms with Gasteiger partial charge < -0.3 is 14.8 Å². The van der Waals surface area contributed by atoms with Gasteiger partial charge in [-0.25, -0.2) is 4.68 Å². The van der Waals surface area contributed by atoms with Crippen molar-refractivity contribution in [2.75, 3.05) is 20.3 Å². The molecule has 1 N–H and O–H groups in total. The van der Waals surface area contributed by atoms with Gasteiger partial charge in [-0.15, -0.1) is 5.10 Å². The standard InChI is InChI=1S/C16H22N4O3/c1-4-20-15(12(2)18-19-20)11-17-16(21)13-6-5-7-14(10-13)23-9-8-22-3/h5-7,10H,4,8-9,11H2,1-3H3,(H,17,21). The summed E-state index contributed by atoms with van der Waals surface area (Å²) in [4.78, 5) is 12.3. The fraction of sp³-hybridized carbons (Fsp3) is 0.438. The lowest BCUT2D eigenvalue weighted by Crippen LogP contribution is -2.24. The first-order chi connectivity index (χ1) is 11.2. The van der Waals surface area contributed by atoms with E-state index >= 15 is 0 Å². The summed E-state index contributed by atoms with van der Waals surface area (Å²) in [5.41, 5.74) is 2.28. The molecule has 1 aromatic carbocycles. The second kappa shape index (κ2) is 8.28. The molecule has 1 amide bonds. The van der Waals surface area contributed by atoms with Crippen LogP contribution in [0.3, 0.4) is 0 Å². The molecule has 2 rings (SSSR count). The largest absolute Gasteiger partial charge is 0.491 e. The molecule has 124 valence electrons. The van der Waals surface area contributed by atoms with Crippen molar-refractivity contribution >= 4 is 5.91 Å². The molecule has 0 unspecified atom stereocenters. The van der Waals surface area contributed by atoms with E-state index in [1.54, 1.807) is 30.0 Å². The average molecular weight is 318 g/mol. The van der Waals surface area contributed by atoms with E-state index < -0.39 is 0 Å². The van der Waals surface area contributed by atoms with Gasteiger partial charge in [0.15, 0.2) is 0 Å². The molecule has 0 saturated heterocycles. The van der Waals surface area contributed by atoms with Gasteiger partial charge >= 0.3 is 0 Å². The predicted octanol–water partition coefficient (Wildman–Crippen LogP) is 1.56. The molecule has 7 nitrogen and oxygen atoms in total. The van der Waals surface area contributed by atoms with Crippen molar-refractivity contribution in [3.05, 3.63) is 41.2 Å². The maximum Gasteiger partial charge on any atom is 0.251 e. The Morgan fingerprint density at radius 2 is 2.17 bits per heavy atom. The van der Waals surface area contributed by atoms with E-state index in [4.69, 9.17) is 9.47 Å². The molecule has 0 atom stereocenters. The lowest BCUT2D eigenvalue weighted by molar-refractivity contribution is 0.0949. The van der Waals surface area contributed by atoms with Gasteiger partial charge in [0.05, 0.1) is 24.5 Å². The summed E-state index contributed by atoms with van der Waals surface area (Å²) < 4.78 is 12.2. The lowest BCUT2D eigenvalue weighted by Gasteiger charge is -2.09. The normalized spacial score (nSPS) is 10.6. The Hall–Kier alpha value is -2.41. The number of aromatic nitrogens is 3. The zero-order valence-corrected chi connectivity index (χ0v) is 13.7. The van der Waals surface area contributed by atoms with Crippen LogP contribution >= 0.6 is 0 Å². The minimum absolute atomic E-state index is 0.162. The van der Waals surface area contributed by atoms with Crippen molar-refractivity contribution in [2.24, 2.45) is 0 Å². The molecular weight excluding hydrogens is 296 g/mol. The number of hydrogen-bond donors (Lipinski definition) is 1. The van der Waals surface area contributed by atoms with E-state index in [9.17, 15) is 4.79 Å². The van der Waals surface area contributed by atoms with Crippen LogP contribution in [0.5, 0.6) is 5.75 Å². The number of benzene rings is 1. The number of carbonyl (C=O) groups is 1. The minimum Gasteiger partial charge on any atom is -0.491 e. The SMILES string of the molecule is CCn1nnc(C)c1CNC(=O)c1cccc(OCCOC)c1. The summed E-state index contributed by atoms with van der Waals surface area (Å²) in [6, 6.07) is 7.07. The smallest absolute Gasteiger partial charge is 0.251 e. The van der Waals surface area contributed by atoms with Gasteiger partial charge in [0.25, 0.3) is 5.91 Å². The summed E-state index contributed by atoms with van der Waals surface area (Å²) >= 11 is 0. The van der Waals surface area contributed by atoms with Gasteiger partial charge in [0, 0.05) is 19.2 Å². The maximum absolute atomic E-state index is 12.3. The Morgan fingerprint density at radius 3 is 2.91 bits per heavy atom. The van der Waals surface area contributed by atoms with Crippen LogP contribution in [0.25, 0.3) is 0 Å². The van der Waals surface area contributed by atoms with Crippen LogP contribution in [0.15, 0.2) is 24.3 Å².